The monoisotopic (exact) mass is 425 g/mol. The van der Waals surface area contributed by atoms with Gasteiger partial charge in [-0.15, -0.1) is 0 Å². The van der Waals surface area contributed by atoms with E-state index in [0.717, 1.165) is 17.5 Å². The predicted octanol–water partition coefficient (Wildman–Crippen LogP) is 2.77. The lowest BCUT2D eigenvalue weighted by molar-refractivity contribution is 0.0564. The van der Waals surface area contributed by atoms with Crippen LogP contribution in [0.1, 0.15) is 21.5 Å². The van der Waals surface area contributed by atoms with E-state index < -0.39 is 0 Å². The molecule has 0 aliphatic carbocycles. The molecule has 0 atom stereocenters. The molecule has 2 aromatic carbocycles. The van der Waals surface area contributed by atoms with Crippen molar-refractivity contribution in [3.63, 3.8) is 0 Å². The molecule has 2 aliphatic rings. The number of urea groups is 1. The number of benzene rings is 2. The van der Waals surface area contributed by atoms with Crippen molar-refractivity contribution < 1.29 is 23.8 Å². The van der Waals surface area contributed by atoms with Gasteiger partial charge in [0.15, 0.2) is 11.5 Å². The molecule has 31 heavy (non-hydrogen) atoms. The number of methoxy groups -OCH3 is 2. The van der Waals surface area contributed by atoms with E-state index in [9.17, 15) is 9.59 Å². The van der Waals surface area contributed by atoms with Crippen LogP contribution in [0.15, 0.2) is 36.4 Å². The standard InChI is InChI=1S/C23H27N3O5/c1-29-20-13-16-6-7-26(15-18(16)14-21(20)30-2)22(27)17-4-3-5-19(12-17)24-23(28)25-8-10-31-11-9-25/h3-5,12-14H,6-11,15H2,1-2H3,(H,24,28). The number of ether oxygens (including phenoxy) is 3. The Balaban J connectivity index is 1.46. The van der Waals surface area contributed by atoms with Crippen LogP contribution in [0.5, 0.6) is 11.5 Å². The topological polar surface area (TPSA) is 80.3 Å². The molecule has 8 nitrogen and oxygen atoms in total. The van der Waals surface area contributed by atoms with Crippen LogP contribution in [0.2, 0.25) is 0 Å². The number of carbonyl (C=O) groups is 2. The number of amides is 3. The minimum Gasteiger partial charge on any atom is -0.493 e. The van der Waals surface area contributed by atoms with Gasteiger partial charge in [-0.05, 0) is 47.9 Å². The summed E-state index contributed by atoms with van der Waals surface area (Å²) in [5, 5.41) is 2.88. The summed E-state index contributed by atoms with van der Waals surface area (Å²) in [5.74, 6) is 1.29. The van der Waals surface area contributed by atoms with Gasteiger partial charge in [0.25, 0.3) is 5.91 Å². The molecule has 8 heteroatoms. The lowest BCUT2D eigenvalue weighted by atomic mass is 9.98. The third-order valence-electron chi connectivity index (χ3n) is 5.66. The van der Waals surface area contributed by atoms with Gasteiger partial charge in [0, 0.05) is 37.4 Å². The summed E-state index contributed by atoms with van der Waals surface area (Å²) in [6.07, 6.45) is 0.745. The van der Waals surface area contributed by atoms with Crippen LogP contribution in [-0.2, 0) is 17.7 Å². The molecule has 0 bridgehead atoms. The molecule has 2 aromatic rings. The molecule has 1 N–H and O–H groups in total. The Morgan fingerprint density at radius 1 is 0.935 bits per heavy atom. The smallest absolute Gasteiger partial charge is 0.321 e. The van der Waals surface area contributed by atoms with Crippen LogP contribution in [0.25, 0.3) is 0 Å². The molecule has 0 spiro atoms. The van der Waals surface area contributed by atoms with E-state index in [2.05, 4.69) is 5.32 Å². The zero-order chi connectivity index (χ0) is 21.8. The molecule has 1 saturated heterocycles. The Labute approximate surface area is 181 Å². The third kappa shape index (κ3) is 4.59. The van der Waals surface area contributed by atoms with Crippen LogP contribution < -0.4 is 14.8 Å². The van der Waals surface area contributed by atoms with Crippen molar-refractivity contribution in [2.24, 2.45) is 0 Å². The molecule has 0 unspecified atom stereocenters. The Morgan fingerprint density at radius 2 is 1.65 bits per heavy atom. The molecule has 2 aliphatic heterocycles. The number of nitrogens with one attached hydrogen (secondary N) is 1. The number of hydrogen-bond donors (Lipinski definition) is 1. The zero-order valence-corrected chi connectivity index (χ0v) is 17.8. The maximum Gasteiger partial charge on any atom is 0.321 e. The normalized spacial score (nSPS) is 15.8. The summed E-state index contributed by atoms with van der Waals surface area (Å²) in [6.45, 7) is 3.32. The molecule has 0 radical (unpaired) electrons. The molecular weight excluding hydrogens is 398 g/mol. The van der Waals surface area contributed by atoms with Crippen molar-refractivity contribution in [2.75, 3.05) is 52.4 Å². The van der Waals surface area contributed by atoms with E-state index >= 15 is 0 Å². The Hall–Kier alpha value is -3.26. The molecular formula is C23H27N3O5. The van der Waals surface area contributed by atoms with Gasteiger partial charge in [0.1, 0.15) is 0 Å². The summed E-state index contributed by atoms with van der Waals surface area (Å²) in [6, 6.07) is 10.8. The fourth-order valence-electron chi connectivity index (χ4n) is 3.94. The number of anilines is 1. The van der Waals surface area contributed by atoms with Crippen LogP contribution in [0.3, 0.4) is 0 Å². The molecule has 164 valence electrons. The second-order valence-electron chi connectivity index (χ2n) is 7.56. The highest BCUT2D eigenvalue weighted by Gasteiger charge is 2.24. The molecule has 2 heterocycles. The summed E-state index contributed by atoms with van der Waals surface area (Å²) < 4.78 is 16.1. The van der Waals surface area contributed by atoms with E-state index in [1.807, 2.05) is 17.0 Å². The quantitative estimate of drug-likeness (QED) is 0.815. The van der Waals surface area contributed by atoms with Crippen molar-refractivity contribution >= 4 is 17.6 Å². The lowest BCUT2D eigenvalue weighted by Gasteiger charge is -2.30. The largest absolute Gasteiger partial charge is 0.493 e. The third-order valence-corrected chi connectivity index (χ3v) is 5.66. The molecule has 0 aromatic heterocycles. The molecule has 4 rings (SSSR count). The van der Waals surface area contributed by atoms with Crippen molar-refractivity contribution in [3.8, 4) is 11.5 Å². The van der Waals surface area contributed by atoms with Crippen molar-refractivity contribution in [1.82, 2.24) is 9.80 Å². The maximum atomic E-state index is 13.2. The van der Waals surface area contributed by atoms with Crippen LogP contribution in [0, 0.1) is 0 Å². The van der Waals surface area contributed by atoms with Crippen molar-refractivity contribution in [3.05, 3.63) is 53.1 Å². The van der Waals surface area contributed by atoms with E-state index in [1.165, 1.54) is 0 Å². The predicted molar refractivity (Wildman–Crippen MR) is 116 cm³/mol. The Bertz CT molecular complexity index is 972. The summed E-state index contributed by atoms with van der Waals surface area (Å²) in [7, 11) is 3.22. The first-order valence-corrected chi connectivity index (χ1v) is 10.4. The van der Waals surface area contributed by atoms with Crippen LogP contribution >= 0.6 is 0 Å². The van der Waals surface area contributed by atoms with Gasteiger partial charge in [-0.3, -0.25) is 4.79 Å². The average molecular weight is 425 g/mol. The summed E-state index contributed by atoms with van der Waals surface area (Å²) >= 11 is 0. The first-order chi connectivity index (χ1) is 15.1. The van der Waals surface area contributed by atoms with E-state index in [4.69, 9.17) is 14.2 Å². The second-order valence-corrected chi connectivity index (χ2v) is 7.56. The number of hydrogen-bond acceptors (Lipinski definition) is 5. The molecule has 0 saturated carbocycles. The van der Waals surface area contributed by atoms with Crippen molar-refractivity contribution in [1.29, 1.82) is 0 Å². The zero-order valence-electron chi connectivity index (χ0n) is 17.8. The molecule has 1 fully saturated rings. The minimum atomic E-state index is -0.180. The SMILES string of the molecule is COc1cc2c(cc1OC)CN(C(=O)c1cccc(NC(=O)N3CCOCC3)c1)CC2. The highest BCUT2D eigenvalue weighted by Crippen LogP contribution is 2.33. The minimum absolute atomic E-state index is 0.0668. The van der Waals surface area contributed by atoms with Gasteiger partial charge in [-0.1, -0.05) is 6.07 Å². The first-order valence-electron chi connectivity index (χ1n) is 10.4. The molecule has 3 amide bonds. The van der Waals surface area contributed by atoms with Crippen LogP contribution in [-0.4, -0.2) is 68.8 Å². The first kappa shape index (κ1) is 21.0. The van der Waals surface area contributed by atoms with E-state index in [0.29, 0.717) is 62.1 Å². The van der Waals surface area contributed by atoms with Gasteiger partial charge in [0.05, 0.1) is 27.4 Å². The van der Waals surface area contributed by atoms with Gasteiger partial charge < -0.3 is 29.3 Å². The maximum absolute atomic E-state index is 13.2. The summed E-state index contributed by atoms with van der Waals surface area (Å²) in [5.41, 5.74) is 3.36. The van der Waals surface area contributed by atoms with Crippen LogP contribution in [0.4, 0.5) is 10.5 Å². The van der Waals surface area contributed by atoms with Gasteiger partial charge >= 0.3 is 6.03 Å². The van der Waals surface area contributed by atoms with Gasteiger partial charge in [0.2, 0.25) is 0 Å². The van der Waals surface area contributed by atoms with Gasteiger partial charge in [-0.2, -0.15) is 0 Å². The van der Waals surface area contributed by atoms with E-state index in [1.54, 1.807) is 43.4 Å². The Kier molecular flexibility index (Phi) is 6.27. The fourth-order valence-corrected chi connectivity index (χ4v) is 3.94. The fraction of sp³-hybridized carbons (Fsp3) is 0.391. The van der Waals surface area contributed by atoms with E-state index in [-0.39, 0.29) is 11.9 Å². The second kappa shape index (κ2) is 9.26. The number of fused-ring (bicyclic) bond motifs is 1. The number of morpholine rings is 1. The Morgan fingerprint density at radius 3 is 2.35 bits per heavy atom. The van der Waals surface area contributed by atoms with Gasteiger partial charge in [-0.25, -0.2) is 4.79 Å². The highest BCUT2D eigenvalue weighted by atomic mass is 16.5. The summed E-state index contributed by atoms with van der Waals surface area (Å²) in [4.78, 5) is 29.1. The number of rotatable bonds is 4. The number of carbonyl (C=O) groups excluding carboxylic acids is 2. The number of nitrogens with zero attached hydrogens (tertiary/aromatic N) is 2. The highest BCUT2D eigenvalue weighted by molar-refractivity contribution is 5.97. The lowest BCUT2D eigenvalue weighted by Crippen LogP contribution is -2.43. The average Bonchev–Trinajstić information content (AvgIpc) is 2.83. The van der Waals surface area contributed by atoms with Crippen molar-refractivity contribution in [2.45, 2.75) is 13.0 Å².